The van der Waals surface area contributed by atoms with E-state index in [1.165, 1.54) is 0 Å². The monoisotopic (exact) mass is 1630 g/mol. The lowest BCUT2D eigenvalue weighted by atomic mass is 9.99. The van der Waals surface area contributed by atoms with Gasteiger partial charge >= 0.3 is 35.8 Å². The van der Waals surface area contributed by atoms with Gasteiger partial charge in [0, 0.05) is 25.2 Å². The molecule has 122 heavy (non-hydrogen) atoms. The van der Waals surface area contributed by atoms with Crippen molar-refractivity contribution in [2.45, 2.75) is 144 Å². The van der Waals surface area contributed by atoms with Crippen LogP contribution in [0.15, 0.2) is 237 Å². The Kier molecular flexibility index (Phi) is 29.7. The van der Waals surface area contributed by atoms with Gasteiger partial charge in [-0.1, -0.05) is 120 Å². The fraction of sp³-hybridized carbons (Fsp3) is 0.257. The molecule has 13 aromatic rings. The minimum absolute atomic E-state index is 0.263. The van der Waals surface area contributed by atoms with E-state index in [9.17, 15) is 28.8 Å². The highest BCUT2D eigenvalue weighted by atomic mass is 16.6. The number of esters is 6. The molecule has 0 aliphatic heterocycles. The maximum atomic E-state index is 13.5. The lowest BCUT2D eigenvalue weighted by molar-refractivity contribution is 0.0488. The van der Waals surface area contributed by atoms with Crippen molar-refractivity contribution >= 4 is 57.9 Å². The molecule has 0 aliphatic rings. The highest BCUT2D eigenvalue weighted by Gasteiger charge is 2.22. The number of nitrogens with zero attached hydrogens (tertiary/aromatic N) is 7. The normalized spacial score (nSPS) is 11.0. The average molecular weight is 1630 g/mol. The van der Waals surface area contributed by atoms with Crippen LogP contribution in [0.2, 0.25) is 0 Å². The van der Waals surface area contributed by atoms with Crippen molar-refractivity contribution in [1.29, 1.82) is 10.5 Å². The lowest BCUT2D eigenvalue weighted by Gasteiger charge is -2.10. The van der Waals surface area contributed by atoms with Crippen LogP contribution >= 0.6 is 0 Å². The number of carbonyl (C=O) groups is 6. The molecule has 10 aromatic carbocycles. The second-order valence-corrected chi connectivity index (χ2v) is 29.8. The Labute approximate surface area is 709 Å². The largest absolute Gasteiger partial charge is 0.494 e. The summed E-state index contributed by atoms with van der Waals surface area (Å²) >= 11 is 0. The van der Waals surface area contributed by atoms with Gasteiger partial charge < -0.3 is 47.0 Å². The summed E-state index contributed by atoms with van der Waals surface area (Å²) in [5.74, 6) is 1.07. The fourth-order valence-corrected chi connectivity index (χ4v) is 14.5. The van der Waals surface area contributed by atoms with E-state index in [-0.39, 0.29) is 11.1 Å². The molecule has 0 unspecified atom stereocenters. The summed E-state index contributed by atoms with van der Waals surface area (Å²) in [5.41, 5.74) is 13.1. The molecule has 21 heteroatoms. The van der Waals surface area contributed by atoms with E-state index in [0.29, 0.717) is 141 Å². The molecule has 0 N–H and O–H groups in total. The number of nitriles is 2. The van der Waals surface area contributed by atoms with Crippen molar-refractivity contribution < 1.29 is 66.7 Å². The number of imidazole rings is 2. The summed E-state index contributed by atoms with van der Waals surface area (Å²) in [6, 6.07) is 72.6. The summed E-state index contributed by atoms with van der Waals surface area (Å²) in [7, 11) is 0. The van der Waals surface area contributed by atoms with Gasteiger partial charge in [0.15, 0.2) is 11.6 Å². The molecule has 13 rings (SSSR count). The van der Waals surface area contributed by atoms with Crippen LogP contribution in [0.3, 0.4) is 0 Å². The minimum atomic E-state index is -0.597. The van der Waals surface area contributed by atoms with Gasteiger partial charge in [-0.05, 0) is 269 Å². The summed E-state index contributed by atoms with van der Waals surface area (Å²) < 4.78 is 50.1. The Hall–Kier alpha value is -14.3. The van der Waals surface area contributed by atoms with E-state index in [2.05, 4.69) is 12.1 Å². The van der Waals surface area contributed by atoms with Crippen molar-refractivity contribution in [3.8, 4) is 91.9 Å². The van der Waals surface area contributed by atoms with Crippen LogP contribution in [-0.2, 0) is 22.6 Å². The number of rotatable bonds is 40. The van der Waals surface area contributed by atoms with Gasteiger partial charge in [0.2, 0.25) is 0 Å². The van der Waals surface area contributed by atoms with E-state index in [4.69, 9.17) is 63.4 Å². The van der Waals surface area contributed by atoms with Gasteiger partial charge in [0.1, 0.15) is 45.9 Å². The third kappa shape index (κ3) is 22.7. The number of benzene rings is 10. The molecule has 0 aliphatic carbocycles. The van der Waals surface area contributed by atoms with E-state index in [1.807, 2.05) is 116 Å². The van der Waals surface area contributed by atoms with Crippen LogP contribution in [-0.4, -0.2) is 86.3 Å². The standard InChI is InChI=1S/C101H95N7O14/c1-5-107-92-56-52-84(121-98(111)76-38-34-74(35-39-76)96(109)117-60-21-17-13-9-7-11-15-19-58-115-80-46-42-78(43-47-80)100(113)119-82-50-54-86(68(3)62-82)72-30-26-70(66-102)27-31-72)64-90(92)105-94(107)88-24-23-25-89(104-88)95-106-91-65-85(53-57-93(91)108(95)6-2)122-99(112)77-40-36-75(37-41-77)97(110)118-61-22-18-14-10-8-12-16-20-59-116-81-48-44-79(45-49-81)101(114)120-83-51-55-87(69(4)63-83)73-32-28-71(67-103)29-33-73/h23-57,62-65H,5-22,58-61H2,1-4H3. The third-order valence-electron chi connectivity index (χ3n) is 21.1. The van der Waals surface area contributed by atoms with E-state index >= 15 is 0 Å². The first-order chi connectivity index (χ1) is 59.6. The molecule has 0 amide bonds. The molecule has 0 fully saturated rings. The SMILES string of the molecule is CCn1c(-c2cccc(-c3nc4cc(OC(=O)c5ccc(C(=O)OCCCCCCCCCCOc6ccc(C(=O)Oc7ccc(-c8ccc(C#N)cc8)c(C)c7)cc6)cc5)ccc4n3CC)n2)nc2cc(OC(=O)c3ccc(C(=O)OCCCCCCCCCCOc4ccc(C(=O)Oc5ccc(-c6ccc(C#N)cc6)c(C)c5)cc4)cc3)ccc21. The van der Waals surface area contributed by atoms with Crippen LogP contribution in [0.4, 0.5) is 0 Å². The molecule has 0 atom stereocenters. The number of aryl methyl sites for hydroxylation is 4. The third-order valence-corrected chi connectivity index (χ3v) is 21.1. The zero-order valence-corrected chi connectivity index (χ0v) is 68.9. The number of unbranched alkanes of at least 4 members (excludes halogenated alkanes) is 14. The number of fused-ring (bicyclic) bond motifs is 2. The van der Waals surface area contributed by atoms with Crippen molar-refractivity contribution in [2.75, 3.05) is 26.4 Å². The first-order valence-electron chi connectivity index (χ1n) is 41.7. The fourth-order valence-electron chi connectivity index (χ4n) is 14.5. The molecule has 618 valence electrons. The quantitative estimate of drug-likeness (QED) is 0.0196. The highest BCUT2D eigenvalue weighted by molar-refractivity contribution is 5.97. The number of ether oxygens (including phenoxy) is 8. The van der Waals surface area contributed by atoms with Crippen molar-refractivity contribution in [1.82, 2.24) is 24.1 Å². The number of aromatic nitrogens is 5. The zero-order chi connectivity index (χ0) is 85.1. The van der Waals surface area contributed by atoms with Gasteiger partial charge in [-0.3, -0.25) is 0 Å². The van der Waals surface area contributed by atoms with E-state index in [0.717, 1.165) is 147 Å². The molecular weight excluding hydrogens is 1540 g/mol. The summed E-state index contributed by atoms with van der Waals surface area (Å²) in [4.78, 5) is 93.8. The molecule has 3 aromatic heterocycles. The van der Waals surface area contributed by atoms with Crippen LogP contribution in [0, 0.1) is 36.5 Å². The Bertz CT molecular complexity index is 5570. The van der Waals surface area contributed by atoms with Gasteiger partial charge in [-0.2, -0.15) is 10.5 Å². The Balaban J connectivity index is 0.479. The minimum Gasteiger partial charge on any atom is -0.494 e. The first-order valence-corrected chi connectivity index (χ1v) is 41.7. The van der Waals surface area contributed by atoms with Crippen LogP contribution in [0.1, 0.15) is 201 Å². The predicted octanol–water partition coefficient (Wildman–Crippen LogP) is 22.4. The van der Waals surface area contributed by atoms with Gasteiger partial charge in [-0.15, -0.1) is 0 Å². The first kappa shape index (κ1) is 85.6. The van der Waals surface area contributed by atoms with Gasteiger partial charge in [0.25, 0.3) is 0 Å². The number of hydrogen-bond donors (Lipinski definition) is 0. The maximum absolute atomic E-state index is 13.5. The molecule has 0 radical (unpaired) electrons. The van der Waals surface area contributed by atoms with Crippen molar-refractivity contribution in [3.05, 3.63) is 292 Å². The Morgan fingerprint density at radius 2 is 0.598 bits per heavy atom. The molecule has 0 spiro atoms. The Morgan fingerprint density at radius 1 is 0.311 bits per heavy atom. The average Bonchev–Trinajstić information content (AvgIpc) is 1.61. The van der Waals surface area contributed by atoms with E-state index < -0.39 is 35.8 Å². The number of carbonyl (C=O) groups excluding carboxylic acids is 6. The topological polar surface area (TPSA) is 272 Å². The summed E-state index contributed by atoms with van der Waals surface area (Å²) in [5, 5.41) is 18.2. The smallest absolute Gasteiger partial charge is 0.343 e. The second-order valence-electron chi connectivity index (χ2n) is 29.8. The lowest BCUT2D eigenvalue weighted by Crippen LogP contribution is -2.10. The van der Waals surface area contributed by atoms with Crippen LogP contribution in [0.5, 0.6) is 34.5 Å². The summed E-state index contributed by atoms with van der Waals surface area (Å²) in [6.45, 7) is 10.8. The van der Waals surface area contributed by atoms with Crippen LogP contribution in [0.25, 0.3) is 67.4 Å². The van der Waals surface area contributed by atoms with E-state index in [1.54, 1.807) is 158 Å². The molecule has 3 heterocycles. The van der Waals surface area contributed by atoms with Gasteiger partial charge in [-0.25, -0.2) is 43.7 Å². The molecule has 0 saturated heterocycles. The molecule has 0 saturated carbocycles. The van der Waals surface area contributed by atoms with Gasteiger partial charge in [0.05, 0.1) is 105 Å². The second kappa shape index (κ2) is 42.4. The van der Waals surface area contributed by atoms with Crippen LogP contribution < -0.4 is 28.4 Å². The molecule has 21 nitrogen and oxygen atoms in total. The van der Waals surface area contributed by atoms with Crippen molar-refractivity contribution in [3.63, 3.8) is 0 Å². The number of pyridine rings is 1. The van der Waals surface area contributed by atoms with Crippen molar-refractivity contribution in [2.24, 2.45) is 0 Å². The maximum Gasteiger partial charge on any atom is 0.343 e. The molecular formula is C101H95N7O14. The zero-order valence-electron chi connectivity index (χ0n) is 68.9. The number of hydrogen-bond acceptors (Lipinski definition) is 19. The highest BCUT2D eigenvalue weighted by Crippen LogP contribution is 2.35. The predicted molar refractivity (Wildman–Crippen MR) is 467 cm³/mol. The summed E-state index contributed by atoms with van der Waals surface area (Å²) in [6.07, 6.45) is 15.9. The Morgan fingerprint density at radius 3 is 0.918 bits per heavy atom. The molecule has 0 bridgehead atoms.